The summed E-state index contributed by atoms with van der Waals surface area (Å²) in [5.41, 5.74) is 7.88. The third-order valence-corrected chi connectivity index (χ3v) is 4.98. The largest absolute Gasteiger partial charge is 0.264 e. The fraction of sp³-hybridized carbons (Fsp3) is 0.545. The smallest absolute Gasteiger partial charge is 0.0458 e. The number of aromatic nitrogens is 3. The quantitative estimate of drug-likeness (QED) is 0.362. The Bertz CT molecular complexity index is 766. The van der Waals surface area contributed by atoms with E-state index in [0.29, 0.717) is 17.8 Å². The van der Waals surface area contributed by atoms with E-state index in [9.17, 15) is 0 Å². The molecule has 0 aliphatic heterocycles. The molecule has 0 amide bonds. The summed E-state index contributed by atoms with van der Waals surface area (Å²) in [7, 11) is 0. The van der Waals surface area contributed by atoms with Crippen molar-refractivity contribution in [2.45, 2.75) is 122 Å². The molecule has 0 radical (unpaired) electrons. The maximum Gasteiger partial charge on any atom is 0.0458 e. The van der Waals surface area contributed by atoms with Crippen LogP contribution in [0.1, 0.15) is 134 Å². The van der Waals surface area contributed by atoms with Crippen LogP contribution in [-0.4, -0.2) is 15.0 Å². The fourth-order valence-electron chi connectivity index (χ4n) is 3.31. The first kappa shape index (κ1) is 38.0. The van der Waals surface area contributed by atoms with E-state index >= 15 is 0 Å². The van der Waals surface area contributed by atoms with Gasteiger partial charge in [0.2, 0.25) is 0 Å². The second-order valence-corrected chi connectivity index (χ2v) is 8.63. The van der Waals surface area contributed by atoms with Gasteiger partial charge in [-0.15, -0.1) is 0 Å². The molecule has 0 aliphatic carbocycles. The molecule has 0 bridgehead atoms. The molecule has 0 saturated heterocycles. The van der Waals surface area contributed by atoms with E-state index in [4.69, 9.17) is 0 Å². The van der Waals surface area contributed by atoms with Gasteiger partial charge >= 0.3 is 0 Å². The molecular weight excluding hydrogens is 438 g/mol. The molecule has 3 aromatic rings. The maximum atomic E-state index is 4.28. The second kappa shape index (κ2) is 24.2. The molecule has 0 N–H and O–H groups in total. The van der Waals surface area contributed by atoms with E-state index in [2.05, 4.69) is 95.5 Å². The van der Waals surface area contributed by atoms with Crippen molar-refractivity contribution in [2.24, 2.45) is 0 Å². The topological polar surface area (TPSA) is 38.7 Å². The summed E-state index contributed by atoms with van der Waals surface area (Å²) >= 11 is 0. The molecule has 36 heavy (non-hydrogen) atoms. The van der Waals surface area contributed by atoms with Crippen LogP contribution in [0.15, 0.2) is 55.2 Å². The molecule has 0 saturated carbocycles. The van der Waals surface area contributed by atoms with Gasteiger partial charge in [-0.25, -0.2) is 0 Å². The lowest BCUT2D eigenvalue weighted by atomic mass is 10.0. The van der Waals surface area contributed by atoms with Crippen LogP contribution in [-0.2, 0) is 0 Å². The van der Waals surface area contributed by atoms with Crippen molar-refractivity contribution in [1.29, 1.82) is 0 Å². The van der Waals surface area contributed by atoms with Gasteiger partial charge in [0.1, 0.15) is 0 Å². The number of hydrogen-bond donors (Lipinski definition) is 0. The predicted molar refractivity (Wildman–Crippen MR) is 163 cm³/mol. The number of hydrogen-bond acceptors (Lipinski definition) is 3. The normalized spacial score (nSPS) is 9.17. The van der Waals surface area contributed by atoms with E-state index in [1.54, 1.807) is 0 Å². The van der Waals surface area contributed by atoms with Crippen molar-refractivity contribution in [1.82, 2.24) is 15.0 Å². The fourth-order valence-corrected chi connectivity index (χ4v) is 3.31. The first-order chi connectivity index (χ1) is 17.1. The summed E-state index contributed by atoms with van der Waals surface area (Å²) in [5.74, 6) is 1.75. The zero-order valence-corrected chi connectivity index (χ0v) is 26.3. The molecular formula is C33H57N3. The summed E-state index contributed by atoms with van der Waals surface area (Å²) in [4.78, 5) is 12.4. The monoisotopic (exact) mass is 495 g/mol. The maximum absolute atomic E-state index is 4.28. The van der Waals surface area contributed by atoms with Crippen molar-refractivity contribution in [3.05, 3.63) is 88.8 Å². The van der Waals surface area contributed by atoms with Crippen LogP contribution >= 0.6 is 0 Å². The van der Waals surface area contributed by atoms with Crippen LogP contribution in [0.4, 0.5) is 0 Å². The third kappa shape index (κ3) is 16.2. The minimum Gasteiger partial charge on any atom is -0.264 e. The molecule has 0 aliphatic rings. The van der Waals surface area contributed by atoms with Gasteiger partial charge in [-0.05, 0) is 84.5 Å². The Morgan fingerprint density at radius 3 is 1.33 bits per heavy atom. The Labute approximate surface area is 225 Å². The summed E-state index contributed by atoms with van der Waals surface area (Å²) in [6, 6.07) is 8.21. The van der Waals surface area contributed by atoms with E-state index in [1.807, 2.05) is 78.6 Å². The third-order valence-electron chi connectivity index (χ3n) is 4.98. The molecule has 3 heterocycles. The van der Waals surface area contributed by atoms with Crippen LogP contribution in [0.25, 0.3) is 0 Å². The molecule has 3 nitrogen and oxygen atoms in total. The summed E-state index contributed by atoms with van der Waals surface area (Å²) in [6.07, 6.45) is 9.39. The number of nitrogens with zero attached hydrogens (tertiary/aromatic N) is 3. The molecule has 3 heteroatoms. The van der Waals surface area contributed by atoms with Gasteiger partial charge in [-0.2, -0.15) is 0 Å². The Morgan fingerprint density at radius 1 is 0.500 bits per heavy atom. The molecule has 0 unspecified atom stereocenters. The Balaban J connectivity index is -0.000000410. The lowest BCUT2D eigenvalue weighted by molar-refractivity contribution is 0.811. The predicted octanol–water partition coefficient (Wildman–Crippen LogP) is 10.6. The standard InChI is InChI=1S/3C9H13N.3C2H6/c1-7(2)9-4-5-10-6-8(9)3;1-7(2)9-6-10-5-4-8(9)3;1-7(2)9-8(3)5-4-6-10-9;3*1-2/h3*4-7H,1-3H3;3*1-2H3. The highest BCUT2D eigenvalue weighted by Gasteiger charge is 2.02. The van der Waals surface area contributed by atoms with E-state index in [-0.39, 0.29) is 0 Å². The Kier molecular flexibility index (Phi) is 25.5. The van der Waals surface area contributed by atoms with Crippen molar-refractivity contribution in [3.63, 3.8) is 0 Å². The van der Waals surface area contributed by atoms with E-state index in [0.717, 1.165) is 0 Å². The van der Waals surface area contributed by atoms with Gasteiger partial charge in [0, 0.05) is 36.7 Å². The van der Waals surface area contributed by atoms with Crippen molar-refractivity contribution in [3.8, 4) is 0 Å². The minimum atomic E-state index is 0.543. The Hall–Kier alpha value is -2.55. The van der Waals surface area contributed by atoms with Crippen LogP contribution in [0.2, 0.25) is 0 Å². The van der Waals surface area contributed by atoms with Gasteiger partial charge in [-0.1, -0.05) is 89.2 Å². The lowest BCUT2D eigenvalue weighted by Gasteiger charge is -2.06. The van der Waals surface area contributed by atoms with Crippen LogP contribution in [0.3, 0.4) is 0 Å². The van der Waals surface area contributed by atoms with Gasteiger partial charge in [0.05, 0.1) is 0 Å². The molecule has 204 valence electrons. The number of aryl methyl sites for hydroxylation is 3. The van der Waals surface area contributed by atoms with E-state index < -0.39 is 0 Å². The van der Waals surface area contributed by atoms with Gasteiger partial charge in [0.25, 0.3) is 0 Å². The lowest BCUT2D eigenvalue weighted by Crippen LogP contribution is -1.94. The molecule has 3 rings (SSSR count). The second-order valence-electron chi connectivity index (χ2n) is 8.63. The average molecular weight is 496 g/mol. The first-order valence-electron chi connectivity index (χ1n) is 13.9. The molecule has 0 aromatic carbocycles. The number of rotatable bonds is 3. The van der Waals surface area contributed by atoms with Crippen LogP contribution < -0.4 is 0 Å². The van der Waals surface area contributed by atoms with Crippen molar-refractivity contribution in [2.75, 3.05) is 0 Å². The zero-order chi connectivity index (χ0) is 28.7. The molecule has 0 fully saturated rings. The zero-order valence-electron chi connectivity index (χ0n) is 26.3. The van der Waals surface area contributed by atoms with Gasteiger partial charge < -0.3 is 0 Å². The molecule has 0 atom stereocenters. The summed E-state index contributed by atoms with van der Waals surface area (Å²) < 4.78 is 0. The van der Waals surface area contributed by atoms with Crippen LogP contribution in [0.5, 0.6) is 0 Å². The highest BCUT2D eigenvalue weighted by atomic mass is 14.7. The highest BCUT2D eigenvalue weighted by Crippen LogP contribution is 2.17. The molecule has 3 aromatic heterocycles. The summed E-state index contributed by atoms with van der Waals surface area (Å²) in [6.45, 7) is 31.4. The van der Waals surface area contributed by atoms with Crippen molar-refractivity contribution < 1.29 is 0 Å². The average Bonchev–Trinajstić information content (AvgIpc) is 2.89. The molecule has 0 spiro atoms. The van der Waals surface area contributed by atoms with Crippen molar-refractivity contribution >= 4 is 0 Å². The number of pyridine rings is 3. The highest BCUT2D eigenvalue weighted by molar-refractivity contribution is 5.25. The van der Waals surface area contributed by atoms with E-state index in [1.165, 1.54) is 33.5 Å². The van der Waals surface area contributed by atoms with Gasteiger partial charge in [0.15, 0.2) is 0 Å². The van der Waals surface area contributed by atoms with Crippen LogP contribution in [0, 0.1) is 20.8 Å². The Morgan fingerprint density at radius 2 is 1.00 bits per heavy atom. The summed E-state index contributed by atoms with van der Waals surface area (Å²) in [5, 5.41) is 0. The van der Waals surface area contributed by atoms with Gasteiger partial charge in [-0.3, -0.25) is 15.0 Å². The minimum absolute atomic E-state index is 0.543. The first-order valence-corrected chi connectivity index (χ1v) is 13.9. The SMILES string of the molecule is CC.CC.CC.Cc1cccnc1C(C)C.Cc1ccncc1C(C)C.Cc1cnccc1C(C)C.